The molecular weight excluding hydrogens is 488 g/mol. The van der Waals surface area contributed by atoms with Gasteiger partial charge in [0.25, 0.3) is 10.1 Å². The summed E-state index contributed by atoms with van der Waals surface area (Å²) < 4.78 is 47.6. The van der Waals surface area contributed by atoms with Gasteiger partial charge in [0.05, 0.1) is 22.6 Å². The van der Waals surface area contributed by atoms with Gasteiger partial charge in [0.1, 0.15) is 0 Å². The van der Waals surface area contributed by atoms with Gasteiger partial charge >= 0.3 is 11.9 Å². The van der Waals surface area contributed by atoms with Crippen molar-refractivity contribution >= 4 is 22.1 Å². The number of hydrogen-bond donors (Lipinski definition) is 1. The van der Waals surface area contributed by atoms with Gasteiger partial charge in [0.2, 0.25) is 0 Å². The standard InChI is InChI=1S/C26H24O9S/c1-17-12-14-20(15-13-17)36(30,31)35-23-22(34-25(28)19-10-6-3-7-11-19)21(16-32-26(23)29)33-24(27)18-8-4-2-5-9-18/h2-15,21-23,26,29H,16H2,1H3/t21-,22?,23-,26+/m0/s1. The van der Waals surface area contributed by atoms with Crippen molar-refractivity contribution in [3.63, 3.8) is 0 Å². The Bertz CT molecular complexity index is 1290. The van der Waals surface area contributed by atoms with E-state index in [2.05, 4.69) is 0 Å². The number of carbonyl (C=O) groups excluding carboxylic acids is 2. The third-order valence-corrected chi connectivity index (χ3v) is 6.80. The Hall–Kier alpha value is -3.57. The largest absolute Gasteiger partial charge is 0.452 e. The Kier molecular flexibility index (Phi) is 7.80. The van der Waals surface area contributed by atoms with Crippen LogP contribution in [0.2, 0.25) is 0 Å². The summed E-state index contributed by atoms with van der Waals surface area (Å²) in [5.74, 6) is -1.57. The second kappa shape index (κ2) is 11.0. The molecule has 36 heavy (non-hydrogen) atoms. The topological polar surface area (TPSA) is 125 Å². The minimum Gasteiger partial charge on any atom is -0.452 e. The summed E-state index contributed by atoms with van der Waals surface area (Å²) in [6.07, 6.45) is -6.28. The van der Waals surface area contributed by atoms with Crippen LogP contribution in [0.1, 0.15) is 26.3 Å². The van der Waals surface area contributed by atoms with E-state index in [9.17, 15) is 23.1 Å². The first-order valence-corrected chi connectivity index (χ1v) is 12.5. The molecule has 4 atom stereocenters. The van der Waals surface area contributed by atoms with Crippen molar-refractivity contribution in [3.8, 4) is 0 Å². The number of aryl methyl sites for hydroxylation is 1. The average molecular weight is 513 g/mol. The quantitative estimate of drug-likeness (QED) is 0.376. The molecule has 10 heteroatoms. The van der Waals surface area contributed by atoms with Gasteiger partial charge in [0, 0.05) is 0 Å². The van der Waals surface area contributed by atoms with Crippen LogP contribution in [-0.4, -0.2) is 56.7 Å². The van der Waals surface area contributed by atoms with E-state index in [0.717, 1.165) is 5.56 Å². The van der Waals surface area contributed by atoms with Crippen molar-refractivity contribution in [3.05, 3.63) is 102 Å². The van der Waals surface area contributed by atoms with E-state index in [0.29, 0.717) is 0 Å². The molecule has 1 aliphatic rings. The summed E-state index contributed by atoms with van der Waals surface area (Å²) in [4.78, 5) is 25.4. The third kappa shape index (κ3) is 5.97. The first-order chi connectivity index (χ1) is 17.2. The Morgan fingerprint density at radius 3 is 1.89 bits per heavy atom. The van der Waals surface area contributed by atoms with Gasteiger partial charge in [-0.25, -0.2) is 9.59 Å². The molecule has 0 amide bonds. The molecule has 1 N–H and O–H groups in total. The highest BCUT2D eigenvalue weighted by atomic mass is 32.2. The Morgan fingerprint density at radius 2 is 1.33 bits per heavy atom. The van der Waals surface area contributed by atoms with Crippen LogP contribution in [0, 0.1) is 6.92 Å². The van der Waals surface area contributed by atoms with Crippen molar-refractivity contribution in [2.24, 2.45) is 0 Å². The van der Waals surface area contributed by atoms with Crippen LogP contribution in [0.25, 0.3) is 0 Å². The summed E-state index contributed by atoms with van der Waals surface area (Å²) in [5, 5.41) is 10.5. The van der Waals surface area contributed by atoms with E-state index in [-0.39, 0.29) is 22.6 Å². The van der Waals surface area contributed by atoms with Crippen molar-refractivity contribution in [2.45, 2.75) is 36.4 Å². The smallest absolute Gasteiger partial charge is 0.338 e. The Morgan fingerprint density at radius 1 is 0.806 bits per heavy atom. The second-order valence-electron chi connectivity index (χ2n) is 8.10. The summed E-state index contributed by atoms with van der Waals surface area (Å²) in [6, 6.07) is 21.9. The molecule has 1 fully saturated rings. The molecule has 1 unspecified atom stereocenters. The predicted octanol–water partition coefficient (Wildman–Crippen LogP) is 2.87. The van der Waals surface area contributed by atoms with Crippen LogP contribution in [0.15, 0.2) is 89.8 Å². The molecule has 0 bridgehead atoms. The van der Waals surface area contributed by atoms with Crippen LogP contribution in [0.4, 0.5) is 0 Å². The van der Waals surface area contributed by atoms with E-state index in [1.54, 1.807) is 55.5 Å². The minimum atomic E-state index is -4.42. The van der Waals surface area contributed by atoms with Gasteiger partial charge in [0.15, 0.2) is 24.6 Å². The maximum atomic E-state index is 13.0. The number of benzene rings is 3. The molecular formula is C26H24O9S. The molecule has 1 saturated heterocycles. The van der Waals surface area contributed by atoms with Gasteiger partial charge in [-0.15, -0.1) is 0 Å². The van der Waals surface area contributed by atoms with Crippen LogP contribution in [0.3, 0.4) is 0 Å². The van der Waals surface area contributed by atoms with E-state index in [4.69, 9.17) is 18.4 Å². The van der Waals surface area contributed by atoms with Crippen LogP contribution >= 0.6 is 0 Å². The SMILES string of the molecule is Cc1ccc(S(=O)(=O)O[C@H]2C(OC(=O)c3ccccc3)[C@@H](OC(=O)c3ccccc3)CO[C@H]2O)cc1. The number of aliphatic hydroxyl groups is 1. The molecule has 4 rings (SSSR count). The molecule has 9 nitrogen and oxygen atoms in total. The lowest BCUT2D eigenvalue weighted by atomic mass is 10.0. The van der Waals surface area contributed by atoms with Gasteiger partial charge in [-0.3, -0.25) is 4.18 Å². The number of hydrogen-bond acceptors (Lipinski definition) is 9. The van der Waals surface area contributed by atoms with Crippen molar-refractivity contribution in [2.75, 3.05) is 6.61 Å². The van der Waals surface area contributed by atoms with Crippen molar-refractivity contribution < 1.29 is 41.5 Å². The average Bonchev–Trinajstić information content (AvgIpc) is 2.89. The van der Waals surface area contributed by atoms with Crippen LogP contribution in [-0.2, 0) is 28.5 Å². The van der Waals surface area contributed by atoms with Crippen molar-refractivity contribution in [1.29, 1.82) is 0 Å². The zero-order valence-corrected chi connectivity index (χ0v) is 20.0. The number of ether oxygens (including phenoxy) is 3. The summed E-state index contributed by atoms with van der Waals surface area (Å²) in [7, 11) is -4.42. The highest BCUT2D eigenvalue weighted by molar-refractivity contribution is 7.86. The molecule has 0 saturated carbocycles. The van der Waals surface area contributed by atoms with E-state index in [1.807, 2.05) is 0 Å². The summed E-state index contributed by atoms with van der Waals surface area (Å²) in [5.41, 5.74) is 1.23. The second-order valence-corrected chi connectivity index (χ2v) is 9.67. The summed E-state index contributed by atoms with van der Waals surface area (Å²) in [6.45, 7) is 1.43. The van der Waals surface area contributed by atoms with E-state index in [1.165, 1.54) is 36.4 Å². The highest BCUT2D eigenvalue weighted by Crippen LogP contribution is 2.28. The third-order valence-electron chi connectivity index (χ3n) is 5.47. The Balaban J connectivity index is 1.63. The number of esters is 2. The maximum Gasteiger partial charge on any atom is 0.338 e. The molecule has 0 spiro atoms. The zero-order chi connectivity index (χ0) is 25.7. The molecule has 1 heterocycles. The van der Waals surface area contributed by atoms with Gasteiger partial charge in [-0.05, 0) is 43.3 Å². The molecule has 0 aromatic heterocycles. The molecule has 0 aliphatic carbocycles. The molecule has 3 aromatic rings. The molecule has 0 radical (unpaired) electrons. The first kappa shape index (κ1) is 25.5. The lowest BCUT2D eigenvalue weighted by molar-refractivity contribution is -0.243. The predicted molar refractivity (Wildman–Crippen MR) is 126 cm³/mol. The minimum absolute atomic E-state index is 0.170. The van der Waals surface area contributed by atoms with Gasteiger partial charge in [-0.1, -0.05) is 54.1 Å². The van der Waals surface area contributed by atoms with Crippen molar-refractivity contribution in [1.82, 2.24) is 0 Å². The fourth-order valence-electron chi connectivity index (χ4n) is 3.56. The van der Waals surface area contributed by atoms with Crippen LogP contribution < -0.4 is 0 Å². The maximum absolute atomic E-state index is 13.0. The first-order valence-electron chi connectivity index (χ1n) is 11.1. The Labute approximate surface area is 208 Å². The fraction of sp³-hybridized carbons (Fsp3) is 0.231. The number of rotatable bonds is 7. The summed E-state index contributed by atoms with van der Waals surface area (Å²) >= 11 is 0. The van der Waals surface area contributed by atoms with Crippen LogP contribution in [0.5, 0.6) is 0 Å². The fourth-order valence-corrected chi connectivity index (χ4v) is 4.63. The van der Waals surface area contributed by atoms with E-state index >= 15 is 0 Å². The van der Waals surface area contributed by atoms with Gasteiger partial charge < -0.3 is 19.3 Å². The number of aliphatic hydroxyl groups excluding tert-OH is 1. The highest BCUT2D eigenvalue weighted by Gasteiger charge is 2.48. The number of carbonyl (C=O) groups is 2. The molecule has 3 aromatic carbocycles. The lowest BCUT2D eigenvalue weighted by Crippen LogP contribution is -2.57. The van der Waals surface area contributed by atoms with E-state index < -0.39 is 46.7 Å². The molecule has 188 valence electrons. The zero-order valence-electron chi connectivity index (χ0n) is 19.2. The monoisotopic (exact) mass is 512 g/mol. The van der Waals surface area contributed by atoms with Gasteiger partial charge in [-0.2, -0.15) is 8.42 Å². The molecule has 1 aliphatic heterocycles. The normalized spacial score (nSPS) is 21.9. The lowest BCUT2D eigenvalue weighted by Gasteiger charge is -2.38.